The van der Waals surface area contributed by atoms with Gasteiger partial charge in [-0.2, -0.15) is 5.10 Å². The lowest BCUT2D eigenvalue weighted by atomic mass is 10.1. The van der Waals surface area contributed by atoms with E-state index in [4.69, 9.17) is 5.73 Å². The van der Waals surface area contributed by atoms with Crippen LogP contribution in [-0.2, 0) is 11.3 Å². The number of hydrogen-bond acceptors (Lipinski definition) is 3. The van der Waals surface area contributed by atoms with Crippen LogP contribution in [0.15, 0.2) is 23.3 Å². The summed E-state index contributed by atoms with van der Waals surface area (Å²) in [4.78, 5) is 11.5. The molecule has 0 saturated carbocycles. The second-order valence-corrected chi connectivity index (χ2v) is 4.14. The number of hydrogen-bond donors (Lipinski definition) is 1. The largest absolute Gasteiger partial charge is 0.385 e. The van der Waals surface area contributed by atoms with Crippen LogP contribution in [0.25, 0.3) is 0 Å². The monoisotopic (exact) mass is 217 g/mol. The summed E-state index contributed by atoms with van der Waals surface area (Å²) < 4.78 is 0. The fourth-order valence-corrected chi connectivity index (χ4v) is 1.69. The standard InChI is InChI=1S/C12H15N3O/c1-8-3-4-10(5-9(8)2)7-15-12(16)6-11(13)14-15/h3-5H,6-7H2,1-2H3,(H2,13,14). The summed E-state index contributed by atoms with van der Waals surface area (Å²) in [5, 5.41) is 5.43. The highest BCUT2D eigenvalue weighted by Gasteiger charge is 2.21. The second kappa shape index (κ2) is 3.96. The minimum absolute atomic E-state index is 0.0317. The van der Waals surface area contributed by atoms with Crippen LogP contribution in [0.4, 0.5) is 0 Å². The molecule has 1 heterocycles. The van der Waals surface area contributed by atoms with E-state index in [9.17, 15) is 4.79 Å². The van der Waals surface area contributed by atoms with Crippen LogP contribution in [0.2, 0.25) is 0 Å². The number of hydrazone groups is 1. The summed E-state index contributed by atoms with van der Waals surface area (Å²) in [7, 11) is 0. The van der Waals surface area contributed by atoms with Crippen LogP contribution in [0.5, 0.6) is 0 Å². The SMILES string of the molecule is Cc1ccc(CN2N=C(N)CC2=O)cc1C. The third-order valence-electron chi connectivity index (χ3n) is 2.77. The molecular weight excluding hydrogens is 202 g/mol. The Balaban J connectivity index is 2.15. The number of nitrogens with zero attached hydrogens (tertiary/aromatic N) is 2. The van der Waals surface area contributed by atoms with Gasteiger partial charge in [-0.15, -0.1) is 0 Å². The van der Waals surface area contributed by atoms with Crippen molar-refractivity contribution in [3.63, 3.8) is 0 Å². The van der Waals surface area contributed by atoms with Gasteiger partial charge in [-0.25, -0.2) is 5.01 Å². The molecule has 0 aromatic heterocycles. The van der Waals surface area contributed by atoms with Gasteiger partial charge in [0.05, 0.1) is 13.0 Å². The maximum absolute atomic E-state index is 11.5. The van der Waals surface area contributed by atoms with Crippen molar-refractivity contribution in [2.24, 2.45) is 10.8 Å². The van der Waals surface area contributed by atoms with Gasteiger partial charge in [-0.3, -0.25) is 4.79 Å². The first kappa shape index (κ1) is 10.7. The van der Waals surface area contributed by atoms with Gasteiger partial charge in [0.1, 0.15) is 5.84 Å². The Hall–Kier alpha value is -1.84. The number of nitrogens with two attached hydrogens (primary N) is 1. The van der Waals surface area contributed by atoms with Crippen LogP contribution in [0, 0.1) is 13.8 Å². The average molecular weight is 217 g/mol. The van der Waals surface area contributed by atoms with E-state index in [1.165, 1.54) is 16.1 Å². The Morgan fingerprint density at radius 2 is 2.12 bits per heavy atom. The summed E-state index contributed by atoms with van der Waals surface area (Å²) in [6.07, 6.45) is 0.241. The number of rotatable bonds is 2. The molecule has 1 aliphatic heterocycles. The molecule has 0 aliphatic carbocycles. The van der Waals surface area contributed by atoms with Gasteiger partial charge in [-0.1, -0.05) is 18.2 Å². The van der Waals surface area contributed by atoms with Crippen molar-refractivity contribution >= 4 is 11.7 Å². The van der Waals surface area contributed by atoms with Gasteiger partial charge in [0.25, 0.3) is 5.91 Å². The highest BCUT2D eigenvalue weighted by Crippen LogP contribution is 2.15. The number of benzene rings is 1. The van der Waals surface area contributed by atoms with E-state index in [1.807, 2.05) is 6.07 Å². The fourth-order valence-electron chi connectivity index (χ4n) is 1.69. The predicted molar refractivity (Wildman–Crippen MR) is 62.7 cm³/mol. The molecule has 84 valence electrons. The van der Waals surface area contributed by atoms with Crippen molar-refractivity contribution in [2.45, 2.75) is 26.8 Å². The molecule has 0 atom stereocenters. The van der Waals surface area contributed by atoms with Gasteiger partial charge in [-0.05, 0) is 30.5 Å². The van der Waals surface area contributed by atoms with Gasteiger partial charge in [0.2, 0.25) is 0 Å². The van der Waals surface area contributed by atoms with E-state index in [0.717, 1.165) is 5.56 Å². The van der Waals surface area contributed by atoms with Crippen LogP contribution >= 0.6 is 0 Å². The van der Waals surface area contributed by atoms with Crippen molar-refractivity contribution < 1.29 is 4.79 Å². The lowest BCUT2D eigenvalue weighted by molar-refractivity contribution is -0.129. The highest BCUT2D eigenvalue weighted by molar-refractivity contribution is 6.02. The highest BCUT2D eigenvalue weighted by atomic mass is 16.2. The Kier molecular flexibility index (Phi) is 2.64. The summed E-state index contributed by atoms with van der Waals surface area (Å²) in [5.41, 5.74) is 9.06. The molecular formula is C12H15N3O. The molecule has 1 amide bonds. The number of carbonyl (C=O) groups excluding carboxylic acids is 1. The zero-order valence-corrected chi connectivity index (χ0v) is 9.53. The van der Waals surface area contributed by atoms with Crippen molar-refractivity contribution in [1.29, 1.82) is 0 Å². The fraction of sp³-hybridized carbons (Fsp3) is 0.333. The van der Waals surface area contributed by atoms with Crippen LogP contribution in [-0.4, -0.2) is 16.8 Å². The molecule has 2 rings (SSSR count). The Morgan fingerprint density at radius 3 is 2.69 bits per heavy atom. The van der Waals surface area contributed by atoms with E-state index >= 15 is 0 Å². The molecule has 0 radical (unpaired) electrons. The molecule has 0 unspecified atom stereocenters. The molecule has 1 aliphatic rings. The first-order chi connectivity index (χ1) is 7.56. The lowest BCUT2D eigenvalue weighted by Crippen LogP contribution is -2.20. The Bertz CT molecular complexity index is 465. The van der Waals surface area contributed by atoms with Crippen molar-refractivity contribution in [3.8, 4) is 0 Å². The summed E-state index contributed by atoms with van der Waals surface area (Å²) >= 11 is 0. The summed E-state index contributed by atoms with van der Waals surface area (Å²) in [6.45, 7) is 4.62. The zero-order chi connectivity index (χ0) is 11.7. The lowest BCUT2D eigenvalue weighted by Gasteiger charge is -2.12. The molecule has 1 aromatic carbocycles. The number of aryl methyl sites for hydroxylation is 2. The summed E-state index contributed by atoms with van der Waals surface area (Å²) in [5.74, 6) is 0.365. The van der Waals surface area contributed by atoms with Crippen molar-refractivity contribution in [1.82, 2.24) is 5.01 Å². The van der Waals surface area contributed by atoms with Gasteiger partial charge in [0.15, 0.2) is 0 Å². The molecule has 0 fully saturated rings. The maximum Gasteiger partial charge on any atom is 0.250 e. The normalized spacial score (nSPS) is 15.5. The Labute approximate surface area is 94.7 Å². The van der Waals surface area contributed by atoms with Crippen molar-refractivity contribution in [3.05, 3.63) is 34.9 Å². The van der Waals surface area contributed by atoms with Crippen LogP contribution < -0.4 is 5.73 Å². The molecule has 0 bridgehead atoms. The van der Waals surface area contributed by atoms with Gasteiger partial charge in [0, 0.05) is 0 Å². The molecule has 0 saturated heterocycles. The van der Waals surface area contributed by atoms with E-state index < -0.39 is 0 Å². The average Bonchev–Trinajstić information content (AvgIpc) is 2.51. The van der Waals surface area contributed by atoms with E-state index in [0.29, 0.717) is 12.4 Å². The minimum Gasteiger partial charge on any atom is -0.385 e. The van der Waals surface area contributed by atoms with E-state index in [2.05, 4.69) is 31.1 Å². The third kappa shape index (κ3) is 2.05. The zero-order valence-electron chi connectivity index (χ0n) is 9.53. The number of amidine groups is 1. The quantitative estimate of drug-likeness (QED) is 0.812. The summed E-state index contributed by atoms with van der Waals surface area (Å²) in [6, 6.07) is 6.14. The second-order valence-electron chi connectivity index (χ2n) is 4.14. The van der Waals surface area contributed by atoms with Gasteiger partial charge < -0.3 is 5.73 Å². The molecule has 1 aromatic rings. The van der Waals surface area contributed by atoms with Crippen LogP contribution in [0.3, 0.4) is 0 Å². The first-order valence-electron chi connectivity index (χ1n) is 5.25. The number of carbonyl (C=O) groups is 1. The molecule has 4 heteroatoms. The first-order valence-corrected chi connectivity index (χ1v) is 5.25. The Morgan fingerprint density at radius 1 is 1.38 bits per heavy atom. The third-order valence-corrected chi connectivity index (χ3v) is 2.77. The van der Waals surface area contributed by atoms with E-state index in [1.54, 1.807) is 0 Å². The smallest absolute Gasteiger partial charge is 0.250 e. The van der Waals surface area contributed by atoms with Gasteiger partial charge >= 0.3 is 0 Å². The topological polar surface area (TPSA) is 58.7 Å². The predicted octanol–water partition coefficient (Wildman–Crippen LogP) is 1.31. The minimum atomic E-state index is -0.0317. The molecule has 16 heavy (non-hydrogen) atoms. The van der Waals surface area contributed by atoms with E-state index in [-0.39, 0.29) is 12.3 Å². The van der Waals surface area contributed by atoms with Crippen LogP contribution in [0.1, 0.15) is 23.1 Å². The molecule has 0 spiro atoms. The molecule has 4 nitrogen and oxygen atoms in total. The number of amides is 1. The maximum atomic E-state index is 11.5. The van der Waals surface area contributed by atoms with Crippen molar-refractivity contribution in [2.75, 3.05) is 0 Å². The molecule has 2 N–H and O–H groups in total.